The maximum Gasteiger partial charge on any atom is 0.308 e. The third-order valence-corrected chi connectivity index (χ3v) is 12.2. The Morgan fingerprint density at radius 3 is 2.05 bits per heavy atom. The summed E-state index contributed by atoms with van der Waals surface area (Å²) in [6.45, 7) is 14.1. The number of aliphatic carboxylic acids is 1. The van der Waals surface area contributed by atoms with Gasteiger partial charge in [-0.15, -0.1) is 0 Å². The fourth-order valence-corrected chi connectivity index (χ4v) is 8.34. The molecule has 1 aromatic carbocycles. The van der Waals surface area contributed by atoms with Gasteiger partial charge in [0.15, 0.2) is 0 Å². The van der Waals surface area contributed by atoms with E-state index in [0.29, 0.717) is 13.0 Å². The van der Waals surface area contributed by atoms with Gasteiger partial charge in [0.25, 0.3) is 0 Å². The van der Waals surface area contributed by atoms with E-state index in [2.05, 4.69) is 16.0 Å². The number of methoxy groups -OCH3 is 2. The largest absolute Gasteiger partial charge is 0.481 e. The Morgan fingerprint density at radius 2 is 1.56 bits per heavy atom. The van der Waals surface area contributed by atoms with Gasteiger partial charge in [0.05, 0.1) is 48.6 Å². The molecule has 1 aromatic rings. The molecule has 1 saturated carbocycles. The van der Waals surface area contributed by atoms with Crippen molar-refractivity contribution in [1.82, 2.24) is 25.8 Å². The van der Waals surface area contributed by atoms with Gasteiger partial charge >= 0.3 is 5.97 Å². The second kappa shape index (κ2) is 20.6. The standard InChI is InChI=1S/C42H69N5O8/c1-12-27(6)36(46(9)40(51)35(26(4)5)45-39(50)34(43-8)25(2)3)32(54-10)21-33(48)47-24-42(18-19-42)22-31(47)37(55-11)28(7)38(49)44-23-30(41(52)53)20-29-16-14-13-15-17-29/h13-17,25-28,30-32,34-37,43H,12,18-24H2,1-11H3,(H,44,49)(H,45,50)(H,52,53)/t27-,28+,30+,31-,32+,34-,35-,36-,37?/m0/s1. The predicted octanol–water partition coefficient (Wildman–Crippen LogP) is 3.74. The second-order valence-electron chi connectivity index (χ2n) is 16.8. The summed E-state index contributed by atoms with van der Waals surface area (Å²) in [5.74, 6) is -3.61. The zero-order valence-electron chi connectivity index (χ0n) is 35.1. The van der Waals surface area contributed by atoms with E-state index in [1.165, 1.54) is 0 Å². The Morgan fingerprint density at radius 1 is 0.945 bits per heavy atom. The van der Waals surface area contributed by atoms with Crippen LogP contribution in [-0.2, 0) is 39.9 Å². The zero-order valence-corrected chi connectivity index (χ0v) is 35.1. The Balaban J connectivity index is 1.79. The van der Waals surface area contributed by atoms with Crippen LogP contribution in [0.5, 0.6) is 0 Å². The minimum atomic E-state index is -0.989. The maximum atomic E-state index is 14.4. The SMILES string of the molecule is CC[C@H](C)[C@@H]([C@@H](CC(=O)N1CC2(CC2)C[C@H]1C(OC)[C@@H](C)C(=O)NC[C@@H](Cc1ccccc1)C(=O)O)OC)N(C)C(=O)[C@@H](NC(=O)[C@@H](NC)C(C)C)C(C)C. The van der Waals surface area contributed by atoms with Crippen molar-refractivity contribution in [2.45, 2.75) is 123 Å². The van der Waals surface area contributed by atoms with Gasteiger partial charge in [-0.1, -0.05) is 85.2 Å². The third-order valence-electron chi connectivity index (χ3n) is 12.2. The van der Waals surface area contributed by atoms with Crippen molar-refractivity contribution in [3.05, 3.63) is 35.9 Å². The fourth-order valence-electron chi connectivity index (χ4n) is 8.34. The molecule has 2 fully saturated rings. The smallest absolute Gasteiger partial charge is 0.308 e. The first kappa shape index (κ1) is 45.8. The third kappa shape index (κ3) is 11.7. The molecule has 1 unspecified atom stereocenters. The lowest BCUT2D eigenvalue weighted by molar-refractivity contribution is -0.148. The predicted molar refractivity (Wildman–Crippen MR) is 212 cm³/mol. The Kier molecular flexibility index (Phi) is 17.1. The number of nitrogens with one attached hydrogen (secondary N) is 3. The molecule has 13 nitrogen and oxygen atoms in total. The molecule has 0 aromatic heterocycles. The number of carbonyl (C=O) groups is 5. The highest BCUT2D eigenvalue weighted by Gasteiger charge is 2.56. The van der Waals surface area contributed by atoms with E-state index in [1.54, 1.807) is 40.1 Å². The first-order chi connectivity index (χ1) is 25.9. The molecule has 13 heteroatoms. The number of likely N-dealkylation sites (N-methyl/N-ethyl adjacent to an activating group) is 2. The average Bonchev–Trinajstić information content (AvgIpc) is 3.81. The fraction of sp³-hybridized carbons (Fsp3) is 0.738. The highest BCUT2D eigenvalue weighted by atomic mass is 16.5. The number of benzene rings is 1. The highest BCUT2D eigenvalue weighted by molar-refractivity contribution is 5.90. The summed E-state index contributed by atoms with van der Waals surface area (Å²) < 4.78 is 12.1. The quantitative estimate of drug-likeness (QED) is 0.137. The molecular formula is C42H69N5O8. The molecule has 55 heavy (non-hydrogen) atoms. The Labute approximate surface area is 329 Å². The van der Waals surface area contributed by atoms with Crippen molar-refractivity contribution in [2.24, 2.45) is 35.0 Å². The van der Waals surface area contributed by atoms with Crippen LogP contribution < -0.4 is 16.0 Å². The van der Waals surface area contributed by atoms with Gasteiger partial charge in [0, 0.05) is 34.4 Å². The monoisotopic (exact) mass is 772 g/mol. The van der Waals surface area contributed by atoms with Gasteiger partial charge in [0.1, 0.15) is 6.04 Å². The Hall–Kier alpha value is -3.55. The number of likely N-dealkylation sites (tertiary alicyclic amines) is 1. The zero-order chi connectivity index (χ0) is 41.2. The van der Waals surface area contributed by atoms with E-state index in [4.69, 9.17) is 9.47 Å². The molecular weight excluding hydrogens is 702 g/mol. The summed E-state index contributed by atoms with van der Waals surface area (Å²) in [5.41, 5.74) is 0.852. The molecule has 1 saturated heterocycles. The highest BCUT2D eigenvalue weighted by Crippen LogP contribution is 2.56. The number of carboxylic acid groups (broad SMARTS) is 1. The van der Waals surface area contributed by atoms with E-state index < -0.39 is 48.1 Å². The van der Waals surface area contributed by atoms with Crippen LogP contribution in [-0.4, -0.2) is 122 Å². The number of ether oxygens (including phenoxy) is 2. The molecule has 310 valence electrons. The molecule has 4 amide bonds. The minimum Gasteiger partial charge on any atom is -0.481 e. The topological polar surface area (TPSA) is 167 Å². The normalized spacial score (nSPS) is 20.6. The molecule has 3 rings (SSSR count). The van der Waals surface area contributed by atoms with E-state index in [-0.39, 0.29) is 72.2 Å². The van der Waals surface area contributed by atoms with Crippen LogP contribution in [0.3, 0.4) is 0 Å². The molecule has 0 radical (unpaired) electrons. The molecule has 1 spiro atoms. The summed E-state index contributed by atoms with van der Waals surface area (Å²) in [7, 11) is 6.56. The van der Waals surface area contributed by atoms with Crippen molar-refractivity contribution in [2.75, 3.05) is 41.4 Å². The first-order valence-corrected chi connectivity index (χ1v) is 20.1. The van der Waals surface area contributed by atoms with Crippen LogP contribution in [0.1, 0.15) is 86.1 Å². The van der Waals surface area contributed by atoms with Gasteiger partial charge in [0.2, 0.25) is 23.6 Å². The number of hydrogen-bond acceptors (Lipinski definition) is 8. The molecule has 4 N–H and O–H groups in total. The summed E-state index contributed by atoms with van der Waals surface area (Å²) in [6.07, 6.45) is 2.43. The second-order valence-corrected chi connectivity index (χ2v) is 16.8. The number of rotatable bonds is 22. The molecule has 0 bridgehead atoms. The first-order valence-electron chi connectivity index (χ1n) is 20.1. The van der Waals surface area contributed by atoms with Crippen molar-refractivity contribution in [3.8, 4) is 0 Å². The maximum absolute atomic E-state index is 14.4. The van der Waals surface area contributed by atoms with Gasteiger partial charge in [-0.05, 0) is 61.5 Å². The summed E-state index contributed by atoms with van der Waals surface area (Å²) >= 11 is 0. The molecule has 1 heterocycles. The van der Waals surface area contributed by atoms with Crippen molar-refractivity contribution in [3.63, 3.8) is 0 Å². The summed E-state index contributed by atoms with van der Waals surface area (Å²) in [4.78, 5) is 71.1. The van der Waals surface area contributed by atoms with E-state index in [9.17, 15) is 29.1 Å². The van der Waals surface area contributed by atoms with Crippen LogP contribution in [0, 0.1) is 35.0 Å². The minimum absolute atomic E-state index is 0.0143. The van der Waals surface area contributed by atoms with Crippen molar-refractivity contribution < 1.29 is 38.6 Å². The average molecular weight is 772 g/mol. The number of amides is 4. The number of hydrogen-bond donors (Lipinski definition) is 4. The lowest BCUT2D eigenvalue weighted by atomic mass is 9.89. The number of carboxylic acids is 1. The summed E-state index contributed by atoms with van der Waals surface area (Å²) in [5, 5.41) is 18.8. The van der Waals surface area contributed by atoms with Crippen LogP contribution >= 0.6 is 0 Å². The van der Waals surface area contributed by atoms with Gasteiger partial charge in [-0.2, -0.15) is 0 Å². The molecule has 9 atom stereocenters. The van der Waals surface area contributed by atoms with Crippen LogP contribution in [0.25, 0.3) is 0 Å². The van der Waals surface area contributed by atoms with E-state index in [0.717, 1.165) is 24.8 Å². The molecule has 1 aliphatic carbocycles. The summed E-state index contributed by atoms with van der Waals surface area (Å²) in [6, 6.07) is 7.25. The number of carbonyl (C=O) groups excluding carboxylic acids is 4. The van der Waals surface area contributed by atoms with E-state index >= 15 is 0 Å². The lowest BCUT2D eigenvalue weighted by Gasteiger charge is -2.41. The van der Waals surface area contributed by atoms with Crippen LogP contribution in [0.4, 0.5) is 0 Å². The number of nitrogens with zero attached hydrogens (tertiary/aromatic N) is 2. The van der Waals surface area contributed by atoms with Crippen molar-refractivity contribution >= 4 is 29.6 Å². The van der Waals surface area contributed by atoms with Gasteiger partial charge < -0.3 is 40.3 Å². The molecule has 1 aliphatic heterocycles. The molecule has 2 aliphatic rings. The van der Waals surface area contributed by atoms with Crippen LogP contribution in [0.2, 0.25) is 0 Å². The van der Waals surface area contributed by atoms with Crippen LogP contribution in [0.15, 0.2) is 30.3 Å². The van der Waals surface area contributed by atoms with Gasteiger partial charge in [-0.3, -0.25) is 24.0 Å². The van der Waals surface area contributed by atoms with E-state index in [1.807, 2.05) is 76.8 Å². The lowest BCUT2D eigenvalue weighted by Crippen LogP contribution is -2.59. The van der Waals surface area contributed by atoms with Crippen molar-refractivity contribution in [1.29, 1.82) is 0 Å². The van der Waals surface area contributed by atoms with Gasteiger partial charge in [-0.25, -0.2) is 0 Å². The Bertz CT molecular complexity index is 1440.